The molecule has 1 aromatic heterocycles. The van der Waals surface area contributed by atoms with Crippen LogP contribution in [0.2, 0.25) is 0 Å². The van der Waals surface area contributed by atoms with Crippen molar-refractivity contribution >= 4 is 5.97 Å². The second-order valence-electron chi connectivity index (χ2n) is 4.54. The molecule has 4 heteroatoms. The Hall–Kier alpha value is -2.10. The molecule has 0 unspecified atom stereocenters. The quantitative estimate of drug-likeness (QED) is 0.869. The van der Waals surface area contributed by atoms with Crippen molar-refractivity contribution in [3.63, 3.8) is 0 Å². The van der Waals surface area contributed by atoms with Gasteiger partial charge in [0.2, 0.25) is 0 Å². The first-order valence-electron chi connectivity index (χ1n) is 5.94. The van der Waals surface area contributed by atoms with Crippen molar-refractivity contribution in [2.75, 3.05) is 0 Å². The summed E-state index contributed by atoms with van der Waals surface area (Å²) in [5, 5.41) is 8.94. The van der Waals surface area contributed by atoms with E-state index in [1.54, 1.807) is 0 Å². The standard InChI is InChI=1S/C14H16N2O2/c1-9(2)14-15-11(8-12(17)18)13(16-14)10-6-4-3-5-7-10/h3-7,9H,8H2,1-2H3,(H,15,16)(H,17,18). The molecule has 0 aliphatic rings. The van der Waals surface area contributed by atoms with E-state index in [9.17, 15) is 4.79 Å². The summed E-state index contributed by atoms with van der Waals surface area (Å²) in [6.07, 6.45) is -0.0378. The van der Waals surface area contributed by atoms with Crippen LogP contribution in [0.5, 0.6) is 0 Å². The van der Waals surface area contributed by atoms with Crippen LogP contribution < -0.4 is 0 Å². The predicted molar refractivity (Wildman–Crippen MR) is 69.5 cm³/mol. The Morgan fingerprint density at radius 3 is 2.56 bits per heavy atom. The first-order chi connectivity index (χ1) is 8.58. The number of H-pyrrole nitrogens is 1. The van der Waals surface area contributed by atoms with Crippen LogP contribution in [-0.2, 0) is 11.2 Å². The van der Waals surface area contributed by atoms with Crippen LogP contribution in [0, 0.1) is 0 Å². The van der Waals surface area contributed by atoms with Gasteiger partial charge in [-0.05, 0) is 0 Å². The third-order valence-electron chi connectivity index (χ3n) is 2.72. The minimum Gasteiger partial charge on any atom is -0.481 e. The zero-order chi connectivity index (χ0) is 13.1. The summed E-state index contributed by atoms with van der Waals surface area (Å²) in [5.74, 6) is 0.214. The highest BCUT2D eigenvalue weighted by molar-refractivity contribution is 5.74. The number of nitrogens with one attached hydrogen (secondary N) is 1. The number of aromatic nitrogens is 2. The normalized spacial score (nSPS) is 10.8. The number of imidazole rings is 1. The number of rotatable bonds is 4. The summed E-state index contributed by atoms with van der Waals surface area (Å²) in [6.45, 7) is 4.05. The number of aromatic amines is 1. The molecule has 0 bridgehead atoms. The zero-order valence-corrected chi connectivity index (χ0v) is 10.5. The van der Waals surface area contributed by atoms with Crippen LogP contribution in [-0.4, -0.2) is 21.0 Å². The summed E-state index contributed by atoms with van der Waals surface area (Å²) in [7, 11) is 0. The van der Waals surface area contributed by atoms with Crippen molar-refractivity contribution in [2.45, 2.75) is 26.2 Å². The van der Waals surface area contributed by atoms with Crippen LogP contribution >= 0.6 is 0 Å². The number of benzene rings is 1. The van der Waals surface area contributed by atoms with Gasteiger partial charge in [-0.15, -0.1) is 0 Å². The van der Waals surface area contributed by atoms with E-state index in [4.69, 9.17) is 5.11 Å². The molecule has 18 heavy (non-hydrogen) atoms. The molecular formula is C14H16N2O2. The fourth-order valence-electron chi connectivity index (χ4n) is 1.82. The summed E-state index contributed by atoms with van der Waals surface area (Å²) < 4.78 is 0. The van der Waals surface area contributed by atoms with Gasteiger partial charge in [0.25, 0.3) is 0 Å². The van der Waals surface area contributed by atoms with Crippen molar-refractivity contribution in [1.29, 1.82) is 0 Å². The highest BCUT2D eigenvalue weighted by Crippen LogP contribution is 2.24. The molecule has 2 rings (SSSR count). The second-order valence-corrected chi connectivity index (χ2v) is 4.54. The lowest BCUT2D eigenvalue weighted by Gasteiger charge is -1.99. The maximum absolute atomic E-state index is 10.9. The molecule has 0 atom stereocenters. The zero-order valence-electron chi connectivity index (χ0n) is 10.5. The van der Waals surface area contributed by atoms with Gasteiger partial charge in [0, 0.05) is 11.5 Å². The molecule has 0 fully saturated rings. The van der Waals surface area contributed by atoms with Gasteiger partial charge in [0.05, 0.1) is 17.8 Å². The average Bonchev–Trinajstić information content (AvgIpc) is 2.73. The fraction of sp³-hybridized carbons (Fsp3) is 0.286. The number of hydrogen-bond donors (Lipinski definition) is 2. The van der Waals surface area contributed by atoms with E-state index >= 15 is 0 Å². The molecule has 1 aromatic carbocycles. The lowest BCUT2D eigenvalue weighted by molar-refractivity contribution is -0.136. The van der Waals surface area contributed by atoms with Crippen LogP contribution in [0.15, 0.2) is 30.3 Å². The molecule has 0 radical (unpaired) electrons. The molecule has 2 aromatic rings. The second kappa shape index (κ2) is 5.04. The van der Waals surface area contributed by atoms with E-state index in [-0.39, 0.29) is 12.3 Å². The monoisotopic (exact) mass is 244 g/mol. The fourth-order valence-corrected chi connectivity index (χ4v) is 1.82. The van der Waals surface area contributed by atoms with Crippen molar-refractivity contribution in [1.82, 2.24) is 9.97 Å². The Morgan fingerprint density at radius 1 is 1.33 bits per heavy atom. The molecule has 0 saturated carbocycles. The van der Waals surface area contributed by atoms with Crippen molar-refractivity contribution in [2.24, 2.45) is 0 Å². The number of nitrogens with zero attached hydrogens (tertiary/aromatic N) is 1. The molecule has 2 N–H and O–H groups in total. The van der Waals surface area contributed by atoms with Gasteiger partial charge in [-0.2, -0.15) is 0 Å². The van der Waals surface area contributed by atoms with Crippen molar-refractivity contribution in [3.8, 4) is 11.3 Å². The van der Waals surface area contributed by atoms with E-state index in [0.29, 0.717) is 5.69 Å². The topological polar surface area (TPSA) is 66.0 Å². The first kappa shape index (κ1) is 12.4. The Balaban J connectivity index is 2.47. The number of hydrogen-bond acceptors (Lipinski definition) is 2. The van der Waals surface area contributed by atoms with Gasteiger partial charge in [-0.1, -0.05) is 44.2 Å². The van der Waals surface area contributed by atoms with E-state index in [2.05, 4.69) is 9.97 Å². The van der Waals surface area contributed by atoms with Crippen molar-refractivity contribution < 1.29 is 9.90 Å². The molecule has 0 amide bonds. The maximum Gasteiger partial charge on any atom is 0.309 e. The summed E-state index contributed by atoms with van der Waals surface area (Å²) in [5.41, 5.74) is 2.34. The lowest BCUT2D eigenvalue weighted by Crippen LogP contribution is -2.02. The highest BCUT2D eigenvalue weighted by Gasteiger charge is 2.16. The Kier molecular flexibility index (Phi) is 3.46. The molecule has 0 saturated heterocycles. The number of carboxylic acid groups (broad SMARTS) is 1. The van der Waals surface area contributed by atoms with Crippen LogP contribution in [0.1, 0.15) is 31.3 Å². The third kappa shape index (κ3) is 2.59. The molecule has 94 valence electrons. The predicted octanol–water partition coefficient (Wildman–Crippen LogP) is 2.83. The summed E-state index contributed by atoms with van der Waals surface area (Å²) >= 11 is 0. The molecule has 4 nitrogen and oxygen atoms in total. The number of carboxylic acids is 1. The largest absolute Gasteiger partial charge is 0.481 e. The SMILES string of the molecule is CC(C)c1nc(-c2ccccc2)c(CC(=O)O)[nH]1. The average molecular weight is 244 g/mol. The van der Waals surface area contributed by atoms with E-state index < -0.39 is 5.97 Å². The van der Waals surface area contributed by atoms with E-state index in [0.717, 1.165) is 17.1 Å². The van der Waals surface area contributed by atoms with Crippen molar-refractivity contribution in [3.05, 3.63) is 41.9 Å². The van der Waals surface area contributed by atoms with Crippen LogP contribution in [0.3, 0.4) is 0 Å². The molecule has 1 heterocycles. The van der Waals surface area contributed by atoms with Gasteiger partial charge in [0.15, 0.2) is 0 Å². The smallest absolute Gasteiger partial charge is 0.309 e. The Labute approximate surface area is 106 Å². The minimum atomic E-state index is -0.855. The van der Waals surface area contributed by atoms with Gasteiger partial charge < -0.3 is 10.1 Å². The maximum atomic E-state index is 10.9. The molecule has 0 aliphatic heterocycles. The molecular weight excluding hydrogens is 228 g/mol. The Bertz CT molecular complexity index is 544. The van der Waals surface area contributed by atoms with E-state index in [1.165, 1.54) is 0 Å². The third-order valence-corrected chi connectivity index (χ3v) is 2.72. The molecule has 0 aliphatic carbocycles. The first-order valence-corrected chi connectivity index (χ1v) is 5.94. The van der Waals surface area contributed by atoms with Gasteiger partial charge >= 0.3 is 5.97 Å². The lowest BCUT2D eigenvalue weighted by atomic mass is 10.1. The number of aliphatic carboxylic acids is 1. The highest BCUT2D eigenvalue weighted by atomic mass is 16.4. The number of carbonyl (C=O) groups is 1. The van der Waals surface area contributed by atoms with Gasteiger partial charge in [-0.3, -0.25) is 4.79 Å². The summed E-state index contributed by atoms with van der Waals surface area (Å²) in [4.78, 5) is 18.5. The van der Waals surface area contributed by atoms with Crippen LogP contribution in [0.4, 0.5) is 0 Å². The Morgan fingerprint density at radius 2 is 2.00 bits per heavy atom. The van der Waals surface area contributed by atoms with E-state index in [1.807, 2.05) is 44.2 Å². The molecule has 0 spiro atoms. The van der Waals surface area contributed by atoms with Crippen LogP contribution in [0.25, 0.3) is 11.3 Å². The minimum absolute atomic E-state index is 0.0378. The van der Waals surface area contributed by atoms with Gasteiger partial charge in [0.1, 0.15) is 5.82 Å². The summed E-state index contributed by atoms with van der Waals surface area (Å²) in [6, 6.07) is 9.64. The van der Waals surface area contributed by atoms with Gasteiger partial charge in [-0.25, -0.2) is 4.98 Å².